The molecule has 1 aliphatic heterocycles. The summed E-state index contributed by atoms with van der Waals surface area (Å²) < 4.78 is 7.03. The average Bonchev–Trinajstić information content (AvgIpc) is 3.67. The van der Waals surface area contributed by atoms with Crippen molar-refractivity contribution < 1.29 is 19.8 Å². The van der Waals surface area contributed by atoms with Crippen LogP contribution >= 0.6 is 0 Å². The molecule has 2 heterocycles. The number of fused-ring (bicyclic) bond motifs is 5. The molecule has 0 spiro atoms. The largest absolute Gasteiger partial charge is 0.508 e. The van der Waals surface area contributed by atoms with Crippen LogP contribution in [0.4, 0.5) is 0 Å². The summed E-state index contributed by atoms with van der Waals surface area (Å²) in [6.07, 6.45) is 8.08. The first kappa shape index (κ1) is 24.8. The lowest BCUT2D eigenvalue weighted by atomic mass is 9.55. The molecule has 0 amide bonds. The number of rotatable bonds is 5. The van der Waals surface area contributed by atoms with Crippen molar-refractivity contribution in [1.29, 1.82) is 0 Å². The second-order valence-corrected chi connectivity index (χ2v) is 12.1. The van der Waals surface area contributed by atoms with E-state index < -0.39 is 6.10 Å². The van der Waals surface area contributed by atoms with Crippen LogP contribution < -0.4 is 0 Å². The molecule has 2 aromatic carbocycles. The standard InChI is InChI=1S/C31H36N4O4/c1-31-13-12-24-23-9-7-22(36)14-21(23)6-8-25(24)26(31)10-11-30(31)33-39-16-19-2-4-20(5-3-19)27-15-35(34-32-27)28-17-38-18-29(28)37/h2-5,7,9,14-15,24-26,28-29,36-37H,6,8,10-13,16-18H2,1H3/b33-30+/t24-,25+,26+,28+,29-,31+/m1/s1. The SMILES string of the molecule is C[C@]12CC[C@@H]3c4ccc(O)cc4CC[C@@H]3[C@@H]1CC/C2=N\OCc1ccc(-c2cn([C@H]3COC[C@H]3O)nn2)cc1. The van der Waals surface area contributed by atoms with Gasteiger partial charge in [-0.3, -0.25) is 0 Å². The van der Waals surface area contributed by atoms with Crippen LogP contribution in [0.1, 0.15) is 67.7 Å². The highest BCUT2D eigenvalue weighted by molar-refractivity contribution is 5.92. The molecule has 3 fully saturated rings. The summed E-state index contributed by atoms with van der Waals surface area (Å²) in [7, 11) is 0. The van der Waals surface area contributed by atoms with Crippen molar-refractivity contribution in [3.63, 3.8) is 0 Å². The highest BCUT2D eigenvalue weighted by Crippen LogP contribution is 2.60. The number of phenols is 1. The lowest BCUT2D eigenvalue weighted by Crippen LogP contribution is -2.42. The highest BCUT2D eigenvalue weighted by Gasteiger charge is 2.53. The van der Waals surface area contributed by atoms with Crippen LogP contribution in [0.3, 0.4) is 0 Å². The minimum Gasteiger partial charge on any atom is -0.508 e. The molecule has 4 aliphatic rings. The van der Waals surface area contributed by atoms with Gasteiger partial charge < -0.3 is 19.8 Å². The Hall–Kier alpha value is -3.23. The molecule has 6 atom stereocenters. The van der Waals surface area contributed by atoms with Gasteiger partial charge in [0.2, 0.25) is 0 Å². The summed E-state index contributed by atoms with van der Waals surface area (Å²) >= 11 is 0. The Morgan fingerprint density at radius 1 is 1.10 bits per heavy atom. The number of nitrogens with zero attached hydrogens (tertiary/aromatic N) is 4. The van der Waals surface area contributed by atoms with Crippen molar-refractivity contribution >= 4 is 5.71 Å². The number of hydrogen-bond donors (Lipinski definition) is 2. The van der Waals surface area contributed by atoms with Crippen LogP contribution in [-0.4, -0.2) is 50.2 Å². The highest BCUT2D eigenvalue weighted by atomic mass is 16.6. The zero-order chi connectivity index (χ0) is 26.6. The van der Waals surface area contributed by atoms with Crippen LogP contribution in [0.25, 0.3) is 11.3 Å². The summed E-state index contributed by atoms with van der Waals surface area (Å²) in [6, 6.07) is 14.0. The number of oxime groups is 1. The van der Waals surface area contributed by atoms with Gasteiger partial charge in [-0.1, -0.05) is 47.6 Å². The lowest BCUT2D eigenvalue weighted by Gasteiger charge is -2.49. The third kappa shape index (κ3) is 4.34. The van der Waals surface area contributed by atoms with Gasteiger partial charge in [-0.05, 0) is 85.1 Å². The minimum atomic E-state index is -0.553. The zero-order valence-corrected chi connectivity index (χ0v) is 22.4. The van der Waals surface area contributed by atoms with E-state index in [0.29, 0.717) is 43.3 Å². The van der Waals surface area contributed by atoms with E-state index >= 15 is 0 Å². The predicted molar refractivity (Wildman–Crippen MR) is 146 cm³/mol. The fraction of sp³-hybridized carbons (Fsp3) is 0.516. The molecule has 7 rings (SSSR count). The number of aliphatic hydroxyl groups excluding tert-OH is 1. The molecular formula is C31H36N4O4. The monoisotopic (exact) mass is 528 g/mol. The number of hydrogen-bond acceptors (Lipinski definition) is 7. The summed E-state index contributed by atoms with van der Waals surface area (Å²) in [5, 5.41) is 33.2. The molecule has 39 heavy (non-hydrogen) atoms. The molecule has 0 unspecified atom stereocenters. The third-order valence-electron chi connectivity index (χ3n) is 9.98. The summed E-state index contributed by atoms with van der Waals surface area (Å²) in [6.45, 7) is 3.63. The molecule has 8 heteroatoms. The molecule has 0 radical (unpaired) electrons. The van der Waals surface area contributed by atoms with Gasteiger partial charge in [0, 0.05) is 11.0 Å². The van der Waals surface area contributed by atoms with E-state index in [1.54, 1.807) is 4.68 Å². The Kier molecular flexibility index (Phi) is 6.20. The second kappa shape index (κ2) is 9.75. The maximum atomic E-state index is 10.0. The number of phenolic OH excluding ortho intramolecular Hbond substituents is 1. The van der Waals surface area contributed by atoms with E-state index in [0.717, 1.165) is 36.1 Å². The molecule has 204 valence electrons. The topological polar surface area (TPSA) is 102 Å². The van der Waals surface area contributed by atoms with E-state index in [1.807, 2.05) is 42.6 Å². The number of aliphatic hydroxyl groups is 1. The molecule has 2 N–H and O–H groups in total. The fourth-order valence-electron chi connectivity index (χ4n) is 7.82. The average molecular weight is 529 g/mol. The number of aromatic hydroxyl groups is 1. The first-order valence-electron chi connectivity index (χ1n) is 14.3. The van der Waals surface area contributed by atoms with Crippen molar-refractivity contribution in [2.45, 2.75) is 70.1 Å². The van der Waals surface area contributed by atoms with Gasteiger partial charge in [0.05, 0.1) is 25.1 Å². The van der Waals surface area contributed by atoms with Gasteiger partial charge in [-0.15, -0.1) is 5.10 Å². The lowest BCUT2D eigenvalue weighted by molar-refractivity contribution is 0.0870. The van der Waals surface area contributed by atoms with Crippen molar-refractivity contribution in [2.75, 3.05) is 13.2 Å². The van der Waals surface area contributed by atoms with Gasteiger partial charge in [-0.2, -0.15) is 0 Å². The van der Waals surface area contributed by atoms with Crippen LogP contribution in [0.5, 0.6) is 5.75 Å². The van der Waals surface area contributed by atoms with E-state index in [-0.39, 0.29) is 11.5 Å². The fourth-order valence-corrected chi connectivity index (χ4v) is 7.82. The first-order chi connectivity index (χ1) is 19.0. The Morgan fingerprint density at radius 3 is 2.79 bits per heavy atom. The van der Waals surface area contributed by atoms with Crippen LogP contribution in [0.2, 0.25) is 0 Å². The van der Waals surface area contributed by atoms with Gasteiger partial charge in [0.15, 0.2) is 0 Å². The molecule has 0 bridgehead atoms. The Bertz CT molecular complexity index is 1390. The van der Waals surface area contributed by atoms with Crippen molar-refractivity contribution in [2.24, 2.45) is 22.4 Å². The van der Waals surface area contributed by atoms with Crippen molar-refractivity contribution in [3.05, 3.63) is 65.4 Å². The van der Waals surface area contributed by atoms with Gasteiger partial charge in [0.1, 0.15) is 30.2 Å². The molecule has 1 saturated heterocycles. The molecular weight excluding hydrogens is 492 g/mol. The quantitative estimate of drug-likeness (QED) is 0.452. The van der Waals surface area contributed by atoms with Crippen molar-refractivity contribution in [3.8, 4) is 17.0 Å². The molecule has 8 nitrogen and oxygen atoms in total. The minimum absolute atomic E-state index is 0.114. The summed E-state index contributed by atoms with van der Waals surface area (Å²) in [5.74, 6) is 2.32. The third-order valence-corrected chi connectivity index (χ3v) is 9.98. The maximum Gasteiger partial charge on any atom is 0.142 e. The predicted octanol–water partition coefficient (Wildman–Crippen LogP) is 5.01. The summed E-state index contributed by atoms with van der Waals surface area (Å²) in [4.78, 5) is 5.94. The van der Waals surface area contributed by atoms with E-state index in [2.05, 4.69) is 23.3 Å². The van der Waals surface area contributed by atoms with Gasteiger partial charge in [0.25, 0.3) is 0 Å². The number of aryl methyl sites for hydroxylation is 1. The molecule has 1 aromatic heterocycles. The Balaban J connectivity index is 0.993. The van der Waals surface area contributed by atoms with E-state index in [4.69, 9.17) is 14.7 Å². The number of aromatic nitrogens is 3. The Labute approximate surface area is 228 Å². The first-order valence-corrected chi connectivity index (χ1v) is 14.3. The normalized spacial score (nSPS) is 32.6. The Morgan fingerprint density at radius 2 is 1.97 bits per heavy atom. The van der Waals surface area contributed by atoms with Crippen LogP contribution in [0.15, 0.2) is 53.8 Å². The van der Waals surface area contributed by atoms with E-state index in [9.17, 15) is 10.2 Å². The van der Waals surface area contributed by atoms with Crippen LogP contribution in [-0.2, 0) is 22.6 Å². The molecule has 3 aliphatic carbocycles. The number of ether oxygens (including phenoxy) is 1. The number of benzene rings is 2. The smallest absolute Gasteiger partial charge is 0.142 e. The van der Waals surface area contributed by atoms with Gasteiger partial charge >= 0.3 is 0 Å². The van der Waals surface area contributed by atoms with E-state index in [1.165, 1.54) is 36.1 Å². The zero-order valence-electron chi connectivity index (χ0n) is 22.4. The van der Waals surface area contributed by atoms with Crippen molar-refractivity contribution in [1.82, 2.24) is 15.0 Å². The molecule has 2 saturated carbocycles. The second-order valence-electron chi connectivity index (χ2n) is 12.1. The molecule has 3 aromatic rings. The summed E-state index contributed by atoms with van der Waals surface area (Å²) in [5.41, 5.74) is 6.95. The van der Waals surface area contributed by atoms with Crippen LogP contribution in [0, 0.1) is 17.3 Å². The van der Waals surface area contributed by atoms with Gasteiger partial charge in [-0.25, -0.2) is 4.68 Å². The maximum absolute atomic E-state index is 10.0.